The minimum absolute atomic E-state index is 0.190. The standard InChI is InChI=1S/C17H19N3O5S/c1-11-15(26-12(2)18-11)17(23)25-10-14(21)19-5-7-20(8-6-19)16(22)13-4-3-9-24-13/h3-4,9H,5-8,10H2,1-2H3. The predicted molar refractivity (Wildman–Crippen MR) is 93.1 cm³/mol. The minimum Gasteiger partial charge on any atom is -0.459 e. The van der Waals surface area contributed by atoms with Gasteiger partial charge in [-0.05, 0) is 26.0 Å². The van der Waals surface area contributed by atoms with Crippen molar-refractivity contribution >= 4 is 29.1 Å². The van der Waals surface area contributed by atoms with Gasteiger partial charge in [0.2, 0.25) is 0 Å². The van der Waals surface area contributed by atoms with Gasteiger partial charge in [0.25, 0.3) is 11.8 Å². The minimum atomic E-state index is -0.534. The molecule has 9 heteroatoms. The third-order valence-corrected chi connectivity index (χ3v) is 5.12. The highest BCUT2D eigenvalue weighted by molar-refractivity contribution is 7.13. The number of aryl methyl sites for hydroxylation is 2. The number of aromatic nitrogens is 1. The van der Waals surface area contributed by atoms with E-state index in [1.807, 2.05) is 6.92 Å². The first kappa shape index (κ1) is 18.1. The number of carbonyl (C=O) groups is 3. The van der Waals surface area contributed by atoms with E-state index in [-0.39, 0.29) is 24.2 Å². The van der Waals surface area contributed by atoms with E-state index in [0.717, 1.165) is 5.01 Å². The number of furan rings is 1. The van der Waals surface area contributed by atoms with Crippen molar-refractivity contribution in [3.63, 3.8) is 0 Å². The van der Waals surface area contributed by atoms with Crippen molar-refractivity contribution in [2.24, 2.45) is 0 Å². The molecule has 0 N–H and O–H groups in total. The number of carbonyl (C=O) groups excluding carboxylic acids is 3. The molecule has 26 heavy (non-hydrogen) atoms. The molecule has 3 heterocycles. The van der Waals surface area contributed by atoms with Crippen molar-refractivity contribution in [3.8, 4) is 0 Å². The van der Waals surface area contributed by atoms with Gasteiger partial charge in [-0.1, -0.05) is 0 Å². The molecule has 1 saturated heterocycles. The summed E-state index contributed by atoms with van der Waals surface area (Å²) < 4.78 is 10.2. The smallest absolute Gasteiger partial charge is 0.350 e. The molecule has 2 aromatic heterocycles. The second-order valence-electron chi connectivity index (χ2n) is 5.87. The van der Waals surface area contributed by atoms with Crippen LogP contribution in [0, 0.1) is 13.8 Å². The molecular formula is C17H19N3O5S. The molecule has 0 aliphatic carbocycles. The molecule has 0 bridgehead atoms. The highest BCUT2D eigenvalue weighted by atomic mass is 32.1. The first-order valence-electron chi connectivity index (χ1n) is 8.17. The third-order valence-electron chi connectivity index (χ3n) is 4.07. The average Bonchev–Trinajstić information content (AvgIpc) is 3.28. The Morgan fingerprint density at radius 2 is 1.88 bits per heavy atom. The molecule has 0 saturated carbocycles. The van der Waals surface area contributed by atoms with Gasteiger partial charge in [0, 0.05) is 26.2 Å². The molecule has 0 unspecified atom stereocenters. The van der Waals surface area contributed by atoms with Crippen molar-refractivity contribution < 1.29 is 23.5 Å². The van der Waals surface area contributed by atoms with Gasteiger partial charge in [-0.2, -0.15) is 0 Å². The van der Waals surface area contributed by atoms with Crippen molar-refractivity contribution in [1.82, 2.24) is 14.8 Å². The van der Waals surface area contributed by atoms with Gasteiger partial charge < -0.3 is 19.0 Å². The summed E-state index contributed by atoms with van der Waals surface area (Å²) in [6.07, 6.45) is 1.45. The van der Waals surface area contributed by atoms with E-state index < -0.39 is 5.97 Å². The lowest BCUT2D eigenvalue weighted by Gasteiger charge is -2.34. The number of ether oxygens (including phenoxy) is 1. The lowest BCUT2D eigenvalue weighted by molar-refractivity contribution is -0.136. The van der Waals surface area contributed by atoms with Crippen molar-refractivity contribution in [2.45, 2.75) is 13.8 Å². The van der Waals surface area contributed by atoms with Crippen molar-refractivity contribution in [1.29, 1.82) is 0 Å². The molecule has 0 spiro atoms. The Morgan fingerprint density at radius 3 is 2.46 bits per heavy atom. The number of piperazine rings is 1. The van der Waals surface area contributed by atoms with Crippen molar-refractivity contribution in [2.75, 3.05) is 32.8 Å². The molecule has 3 rings (SSSR count). The van der Waals surface area contributed by atoms with E-state index in [1.165, 1.54) is 17.6 Å². The summed E-state index contributed by atoms with van der Waals surface area (Å²) in [5.74, 6) is -0.714. The van der Waals surface area contributed by atoms with Gasteiger partial charge >= 0.3 is 5.97 Å². The lowest BCUT2D eigenvalue weighted by atomic mass is 10.3. The Bertz CT molecular complexity index is 806. The second-order valence-corrected chi connectivity index (χ2v) is 7.08. The van der Waals surface area contributed by atoms with Crippen molar-refractivity contribution in [3.05, 3.63) is 39.7 Å². The van der Waals surface area contributed by atoms with E-state index in [0.29, 0.717) is 36.8 Å². The summed E-state index contributed by atoms with van der Waals surface area (Å²) in [4.78, 5) is 44.3. The topological polar surface area (TPSA) is 93.0 Å². The summed E-state index contributed by atoms with van der Waals surface area (Å²) >= 11 is 1.25. The highest BCUT2D eigenvalue weighted by Gasteiger charge is 2.27. The van der Waals surface area contributed by atoms with Gasteiger partial charge in [-0.15, -0.1) is 11.3 Å². The molecule has 1 aliphatic rings. The highest BCUT2D eigenvalue weighted by Crippen LogP contribution is 2.18. The van der Waals surface area contributed by atoms with Crippen LogP contribution < -0.4 is 0 Å². The van der Waals surface area contributed by atoms with Gasteiger partial charge in [0.05, 0.1) is 17.0 Å². The van der Waals surface area contributed by atoms with Gasteiger partial charge in [-0.3, -0.25) is 9.59 Å². The Morgan fingerprint density at radius 1 is 1.19 bits per heavy atom. The summed E-state index contributed by atoms with van der Waals surface area (Å²) in [6, 6.07) is 3.27. The number of hydrogen-bond acceptors (Lipinski definition) is 7. The molecule has 1 fully saturated rings. The molecule has 0 aromatic carbocycles. The van der Waals surface area contributed by atoms with E-state index in [9.17, 15) is 14.4 Å². The van der Waals surface area contributed by atoms with E-state index in [2.05, 4.69) is 4.98 Å². The van der Waals surface area contributed by atoms with Crippen LogP contribution in [-0.2, 0) is 9.53 Å². The summed E-state index contributed by atoms with van der Waals surface area (Å²) in [5.41, 5.74) is 0.606. The van der Waals surface area contributed by atoms with Gasteiger partial charge in [-0.25, -0.2) is 9.78 Å². The average molecular weight is 377 g/mol. The van der Waals surface area contributed by atoms with E-state index in [1.54, 1.807) is 28.9 Å². The molecule has 0 atom stereocenters. The van der Waals surface area contributed by atoms with Crippen LogP contribution >= 0.6 is 11.3 Å². The lowest BCUT2D eigenvalue weighted by Crippen LogP contribution is -2.51. The summed E-state index contributed by atoms with van der Waals surface area (Å²) in [5, 5.41) is 0.776. The molecule has 138 valence electrons. The zero-order valence-electron chi connectivity index (χ0n) is 14.6. The first-order chi connectivity index (χ1) is 12.5. The molecule has 1 aliphatic heterocycles. The predicted octanol–water partition coefficient (Wildman–Crippen LogP) is 1.49. The van der Waals surface area contributed by atoms with Crippen LogP contribution in [-0.4, -0.2) is 65.4 Å². The van der Waals surface area contributed by atoms with Crippen LogP contribution in [0.3, 0.4) is 0 Å². The third kappa shape index (κ3) is 3.93. The van der Waals surface area contributed by atoms with Crippen LogP contribution in [0.4, 0.5) is 0 Å². The molecule has 2 amide bonds. The normalized spacial score (nSPS) is 14.4. The number of esters is 1. The quantitative estimate of drug-likeness (QED) is 0.750. The maximum Gasteiger partial charge on any atom is 0.350 e. The monoisotopic (exact) mass is 377 g/mol. The number of thiazole rings is 1. The largest absolute Gasteiger partial charge is 0.459 e. The van der Waals surface area contributed by atoms with E-state index in [4.69, 9.17) is 9.15 Å². The van der Waals surface area contributed by atoms with Gasteiger partial charge in [0.15, 0.2) is 12.4 Å². The van der Waals surface area contributed by atoms with Gasteiger partial charge in [0.1, 0.15) is 4.88 Å². The Hall–Kier alpha value is -2.68. The Kier molecular flexibility index (Phi) is 5.36. The fourth-order valence-electron chi connectivity index (χ4n) is 2.72. The summed E-state index contributed by atoms with van der Waals surface area (Å²) in [7, 11) is 0. The number of amides is 2. The maximum atomic E-state index is 12.2. The molecule has 0 radical (unpaired) electrons. The Labute approximate surface area is 154 Å². The zero-order chi connectivity index (χ0) is 18.7. The Balaban J connectivity index is 1.47. The molecule has 8 nitrogen and oxygen atoms in total. The second kappa shape index (κ2) is 7.69. The number of nitrogens with zero attached hydrogens (tertiary/aromatic N) is 3. The van der Waals surface area contributed by atoms with Crippen LogP contribution in [0.2, 0.25) is 0 Å². The van der Waals surface area contributed by atoms with Crippen LogP contribution in [0.25, 0.3) is 0 Å². The maximum absolute atomic E-state index is 12.2. The summed E-state index contributed by atoms with van der Waals surface area (Å²) in [6.45, 7) is 4.82. The van der Waals surface area contributed by atoms with Crippen LogP contribution in [0.1, 0.15) is 30.9 Å². The van der Waals surface area contributed by atoms with Crippen LogP contribution in [0.15, 0.2) is 22.8 Å². The first-order valence-corrected chi connectivity index (χ1v) is 8.99. The fourth-order valence-corrected chi connectivity index (χ4v) is 3.53. The molecular weight excluding hydrogens is 358 g/mol. The van der Waals surface area contributed by atoms with E-state index >= 15 is 0 Å². The molecule has 2 aromatic rings. The SMILES string of the molecule is Cc1nc(C)c(C(=O)OCC(=O)N2CCN(C(=O)c3ccco3)CC2)s1. The fraction of sp³-hybridized carbons (Fsp3) is 0.412. The van der Waals surface area contributed by atoms with Crippen LogP contribution in [0.5, 0.6) is 0 Å². The zero-order valence-corrected chi connectivity index (χ0v) is 15.4. The number of hydrogen-bond donors (Lipinski definition) is 0. The number of rotatable bonds is 4.